The molecule has 0 saturated heterocycles. The predicted octanol–water partition coefficient (Wildman–Crippen LogP) is 3.07. The Labute approximate surface area is 102 Å². The highest BCUT2D eigenvalue weighted by atomic mass is 16.5. The molecule has 1 aromatic carbocycles. The third kappa shape index (κ3) is 2.74. The monoisotopic (exact) mass is 230 g/mol. The quantitative estimate of drug-likeness (QED) is 0.876. The summed E-state index contributed by atoms with van der Waals surface area (Å²) in [4.78, 5) is 4.34. The Morgan fingerprint density at radius 3 is 2.76 bits per heavy atom. The van der Waals surface area contributed by atoms with Crippen LogP contribution in [0.25, 0.3) is 10.9 Å². The third-order valence-electron chi connectivity index (χ3n) is 2.91. The van der Waals surface area contributed by atoms with Crippen molar-refractivity contribution in [2.75, 3.05) is 19.0 Å². The number of para-hydroxylation sites is 1. The number of aromatic nitrogens is 1. The minimum Gasteiger partial charge on any atom is -0.382 e. The molecule has 1 heterocycles. The lowest BCUT2D eigenvalue weighted by Crippen LogP contribution is -2.32. The number of anilines is 1. The van der Waals surface area contributed by atoms with Gasteiger partial charge in [-0.15, -0.1) is 0 Å². The van der Waals surface area contributed by atoms with E-state index in [-0.39, 0.29) is 5.60 Å². The fourth-order valence-electron chi connectivity index (χ4n) is 1.63. The van der Waals surface area contributed by atoms with Crippen LogP contribution in [0.15, 0.2) is 36.5 Å². The SMILES string of the molecule is COC(C)(C)CNc1ccnc2ccccc12. The average Bonchev–Trinajstić information content (AvgIpc) is 2.36. The van der Waals surface area contributed by atoms with Crippen molar-refractivity contribution in [3.63, 3.8) is 0 Å². The Kier molecular flexibility index (Phi) is 3.29. The molecule has 3 heteroatoms. The maximum Gasteiger partial charge on any atom is 0.0794 e. The molecule has 0 saturated carbocycles. The Morgan fingerprint density at radius 2 is 2.00 bits per heavy atom. The van der Waals surface area contributed by atoms with Crippen LogP contribution in [-0.4, -0.2) is 24.2 Å². The van der Waals surface area contributed by atoms with Crippen molar-refractivity contribution in [1.29, 1.82) is 0 Å². The summed E-state index contributed by atoms with van der Waals surface area (Å²) < 4.78 is 5.39. The molecule has 17 heavy (non-hydrogen) atoms. The van der Waals surface area contributed by atoms with E-state index in [9.17, 15) is 0 Å². The van der Waals surface area contributed by atoms with E-state index in [1.54, 1.807) is 7.11 Å². The number of benzene rings is 1. The van der Waals surface area contributed by atoms with Crippen molar-refractivity contribution in [1.82, 2.24) is 4.98 Å². The van der Waals surface area contributed by atoms with Gasteiger partial charge in [0, 0.05) is 30.9 Å². The van der Waals surface area contributed by atoms with Crippen LogP contribution < -0.4 is 5.32 Å². The van der Waals surface area contributed by atoms with Gasteiger partial charge in [-0.05, 0) is 26.0 Å². The first-order chi connectivity index (χ1) is 8.12. The zero-order valence-electron chi connectivity index (χ0n) is 10.5. The lowest BCUT2D eigenvalue weighted by molar-refractivity contribution is 0.0344. The molecule has 2 aromatic rings. The fraction of sp³-hybridized carbons (Fsp3) is 0.357. The zero-order valence-corrected chi connectivity index (χ0v) is 10.5. The van der Waals surface area contributed by atoms with Crippen molar-refractivity contribution >= 4 is 16.6 Å². The van der Waals surface area contributed by atoms with Gasteiger partial charge in [0.1, 0.15) is 0 Å². The largest absolute Gasteiger partial charge is 0.382 e. The topological polar surface area (TPSA) is 34.1 Å². The molecule has 0 aliphatic heterocycles. The molecular formula is C14H18N2O. The van der Waals surface area contributed by atoms with Crippen LogP contribution >= 0.6 is 0 Å². The molecule has 0 bridgehead atoms. The lowest BCUT2D eigenvalue weighted by atomic mass is 10.1. The van der Waals surface area contributed by atoms with Crippen LogP contribution in [0.3, 0.4) is 0 Å². The number of hydrogen-bond acceptors (Lipinski definition) is 3. The van der Waals surface area contributed by atoms with Gasteiger partial charge < -0.3 is 10.1 Å². The van der Waals surface area contributed by atoms with E-state index < -0.39 is 0 Å². The maximum absolute atomic E-state index is 5.39. The van der Waals surface area contributed by atoms with E-state index in [1.165, 1.54) is 0 Å². The van der Waals surface area contributed by atoms with Gasteiger partial charge in [0.25, 0.3) is 0 Å². The van der Waals surface area contributed by atoms with Crippen LogP contribution in [0.1, 0.15) is 13.8 Å². The number of hydrogen-bond donors (Lipinski definition) is 1. The number of fused-ring (bicyclic) bond motifs is 1. The smallest absolute Gasteiger partial charge is 0.0794 e. The first-order valence-corrected chi connectivity index (χ1v) is 5.75. The van der Waals surface area contributed by atoms with Crippen molar-refractivity contribution < 1.29 is 4.74 Å². The van der Waals surface area contributed by atoms with Gasteiger partial charge >= 0.3 is 0 Å². The number of nitrogens with one attached hydrogen (secondary N) is 1. The predicted molar refractivity (Wildman–Crippen MR) is 71.3 cm³/mol. The van der Waals surface area contributed by atoms with Crippen LogP contribution in [0.2, 0.25) is 0 Å². The van der Waals surface area contributed by atoms with Crippen molar-refractivity contribution in [3.05, 3.63) is 36.5 Å². The molecule has 0 aliphatic carbocycles. The van der Waals surface area contributed by atoms with Crippen LogP contribution in [-0.2, 0) is 4.74 Å². The number of methoxy groups -OCH3 is 1. The highest BCUT2D eigenvalue weighted by Crippen LogP contribution is 2.21. The summed E-state index contributed by atoms with van der Waals surface area (Å²) in [5, 5.41) is 4.55. The summed E-state index contributed by atoms with van der Waals surface area (Å²) in [6.45, 7) is 4.88. The zero-order chi connectivity index (χ0) is 12.3. The molecule has 2 rings (SSSR count). The van der Waals surface area contributed by atoms with Crippen LogP contribution in [0.5, 0.6) is 0 Å². The highest BCUT2D eigenvalue weighted by Gasteiger charge is 2.16. The normalized spacial score (nSPS) is 11.7. The first-order valence-electron chi connectivity index (χ1n) is 5.75. The molecule has 0 spiro atoms. The van der Waals surface area contributed by atoms with E-state index in [4.69, 9.17) is 4.74 Å². The lowest BCUT2D eigenvalue weighted by Gasteiger charge is -2.24. The van der Waals surface area contributed by atoms with E-state index in [0.29, 0.717) is 0 Å². The molecule has 1 aromatic heterocycles. The summed E-state index contributed by atoms with van der Waals surface area (Å²) in [6, 6.07) is 10.1. The molecule has 0 aliphatic rings. The second kappa shape index (κ2) is 4.72. The molecule has 0 radical (unpaired) electrons. The van der Waals surface area contributed by atoms with E-state index in [1.807, 2.05) is 30.5 Å². The second-order valence-electron chi connectivity index (χ2n) is 4.69. The van der Waals surface area contributed by atoms with E-state index in [2.05, 4.69) is 30.2 Å². The van der Waals surface area contributed by atoms with Gasteiger partial charge in [0.15, 0.2) is 0 Å². The van der Waals surface area contributed by atoms with Gasteiger partial charge in [0.2, 0.25) is 0 Å². The van der Waals surface area contributed by atoms with E-state index in [0.717, 1.165) is 23.1 Å². The van der Waals surface area contributed by atoms with Gasteiger partial charge in [-0.1, -0.05) is 18.2 Å². The highest BCUT2D eigenvalue weighted by molar-refractivity contribution is 5.90. The second-order valence-corrected chi connectivity index (χ2v) is 4.69. The standard InChI is InChI=1S/C14H18N2O/c1-14(2,17-3)10-16-13-8-9-15-12-7-5-4-6-11(12)13/h4-9H,10H2,1-3H3,(H,15,16). The van der Waals surface area contributed by atoms with Crippen molar-refractivity contribution in [3.8, 4) is 0 Å². The summed E-state index contributed by atoms with van der Waals surface area (Å²) in [6.07, 6.45) is 1.82. The van der Waals surface area contributed by atoms with Crippen LogP contribution in [0.4, 0.5) is 5.69 Å². The molecule has 3 nitrogen and oxygen atoms in total. The number of nitrogens with zero attached hydrogens (tertiary/aromatic N) is 1. The number of pyridine rings is 1. The van der Waals surface area contributed by atoms with Crippen molar-refractivity contribution in [2.24, 2.45) is 0 Å². The van der Waals surface area contributed by atoms with Gasteiger partial charge in [-0.3, -0.25) is 4.98 Å². The molecular weight excluding hydrogens is 212 g/mol. The Morgan fingerprint density at radius 1 is 1.24 bits per heavy atom. The summed E-state index contributed by atoms with van der Waals surface area (Å²) >= 11 is 0. The maximum atomic E-state index is 5.39. The fourth-order valence-corrected chi connectivity index (χ4v) is 1.63. The van der Waals surface area contributed by atoms with Gasteiger partial charge in [-0.2, -0.15) is 0 Å². The van der Waals surface area contributed by atoms with Gasteiger partial charge in [0.05, 0.1) is 11.1 Å². The molecule has 0 fully saturated rings. The molecule has 0 amide bonds. The molecule has 1 N–H and O–H groups in total. The minimum absolute atomic E-state index is 0.176. The molecule has 0 atom stereocenters. The van der Waals surface area contributed by atoms with Crippen LogP contribution in [0, 0.1) is 0 Å². The van der Waals surface area contributed by atoms with E-state index >= 15 is 0 Å². The Bertz CT molecular complexity index is 503. The third-order valence-corrected chi connectivity index (χ3v) is 2.91. The molecule has 0 unspecified atom stereocenters. The van der Waals surface area contributed by atoms with Gasteiger partial charge in [-0.25, -0.2) is 0 Å². The Balaban J connectivity index is 2.24. The van der Waals surface area contributed by atoms with Crippen molar-refractivity contribution in [2.45, 2.75) is 19.4 Å². The number of rotatable bonds is 4. The number of ether oxygens (including phenoxy) is 1. The minimum atomic E-state index is -0.176. The summed E-state index contributed by atoms with van der Waals surface area (Å²) in [5.41, 5.74) is 1.93. The summed E-state index contributed by atoms with van der Waals surface area (Å²) in [5.74, 6) is 0. The Hall–Kier alpha value is -1.61. The first kappa shape index (κ1) is 11.9. The molecule has 90 valence electrons. The summed E-state index contributed by atoms with van der Waals surface area (Å²) in [7, 11) is 1.73. The average molecular weight is 230 g/mol.